The zero-order chi connectivity index (χ0) is 15.5. The molecule has 114 valence electrons. The van der Waals surface area contributed by atoms with Crippen molar-refractivity contribution >= 4 is 21.2 Å². The van der Waals surface area contributed by atoms with E-state index < -0.39 is 9.84 Å². The summed E-state index contributed by atoms with van der Waals surface area (Å²) in [4.78, 5) is 1.75. The molecule has 1 unspecified atom stereocenters. The summed E-state index contributed by atoms with van der Waals surface area (Å²) in [7, 11) is -3.10. The summed E-state index contributed by atoms with van der Waals surface area (Å²) in [5.41, 5.74) is 2.47. The fourth-order valence-electron chi connectivity index (χ4n) is 2.26. The second-order valence-electron chi connectivity index (χ2n) is 5.31. The first-order valence-corrected chi connectivity index (χ1v) is 9.71. The summed E-state index contributed by atoms with van der Waals surface area (Å²) < 4.78 is 22.8. The zero-order valence-corrected chi connectivity index (χ0v) is 14.2. The molecule has 1 aromatic carbocycles. The van der Waals surface area contributed by atoms with E-state index in [1.165, 1.54) is 16.7 Å². The normalized spacial score (nSPS) is 13.3. The average Bonchev–Trinajstić information content (AvgIpc) is 2.84. The molecule has 3 nitrogen and oxygen atoms in total. The Morgan fingerprint density at radius 3 is 2.38 bits per heavy atom. The van der Waals surface area contributed by atoms with Gasteiger partial charge in [-0.05, 0) is 61.5 Å². The molecule has 1 heterocycles. The van der Waals surface area contributed by atoms with Gasteiger partial charge in [0, 0.05) is 17.2 Å². The molecule has 0 spiro atoms. The summed E-state index contributed by atoms with van der Waals surface area (Å²) in [6, 6.07) is 9.62. The van der Waals surface area contributed by atoms with Gasteiger partial charge in [0.25, 0.3) is 0 Å². The van der Waals surface area contributed by atoms with E-state index in [2.05, 4.69) is 30.6 Å². The molecule has 5 heteroatoms. The number of aryl methyl sites for hydroxylation is 1. The molecule has 0 fully saturated rings. The van der Waals surface area contributed by atoms with Crippen LogP contribution < -0.4 is 5.32 Å². The van der Waals surface area contributed by atoms with E-state index >= 15 is 0 Å². The fraction of sp³-hybridized carbons (Fsp3) is 0.375. The van der Waals surface area contributed by atoms with E-state index in [0.29, 0.717) is 10.9 Å². The molecule has 0 saturated heterocycles. The molecule has 0 saturated carbocycles. The molecule has 1 atom stereocenters. The van der Waals surface area contributed by atoms with Crippen LogP contribution in [0.3, 0.4) is 0 Å². The Balaban J connectivity index is 1.88. The second-order valence-corrected chi connectivity index (χ2v) is 8.27. The first-order chi connectivity index (χ1) is 9.88. The molecule has 0 amide bonds. The molecule has 0 aliphatic carbocycles. The van der Waals surface area contributed by atoms with Crippen molar-refractivity contribution in [2.24, 2.45) is 0 Å². The lowest BCUT2D eigenvalue weighted by molar-refractivity contribution is 0.582. The Morgan fingerprint density at radius 1 is 1.19 bits per heavy atom. The standard InChI is InChI=1S/C16H21NO2S2/c1-12-9-11-20-16(12)13(2)17-10-8-14-4-6-15(7-5-14)21(3,18)19/h4-7,9,11,13,17H,8,10H2,1-3H3. The highest BCUT2D eigenvalue weighted by atomic mass is 32.2. The largest absolute Gasteiger partial charge is 0.309 e. The molecule has 0 radical (unpaired) electrons. The van der Waals surface area contributed by atoms with Crippen LogP contribution in [0.5, 0.6) is 0 Å². The van der Waals surface area contributed by atoms with Crippen molar-refractivity contribution in [2.75, 3.05) is 12.8 Å². The summed E-state index contributed by atoms with van der Waals surface area (Å²) in [6.45, 7) is 5.18. The third-order valence-electron chi connectivity index (χ3n) is 3.51. The number of sulfone groups is 1. The van der Waals surface area contributed by atoms with Crippen LogP contribution in [0.25, 0.3) is 0 Å². The van der Waals surface area contributed by atoms with Gasteiger partial charge in [-0.2, -0.15) is 0 Å². The molecule has 0 aliphatic rings. The van der Waals surface area contributed by atoms with Gasteiger partial charge in [0.2, 0.25) is 0 Å². The van der Waals surface area contributed by atoms with Crippen LogP contribution >= 0.6 is 11.3 Å². The fourth-order valence-corrected chi connectivity index (χ4v) is 3.85. The van der Waals surface area contributed by atoms with Crippen molar-refractivity contribution in [2.45, 2.75) is 31.2 Å². The Kier molecular flexibility index (Phi) is 5.19. The third-order valence-corrected chi connectivity index (χ3v) is 5.84. The van der Waals surface area contributed by atoms with Gasteiger partial charge in [-0.3, -0.25) is 0 Å². The maximum absolute atomic E-state index is 11.4. The van der Waals surface area contributed by atoms with Crippen molar-refractivity contribution in [1.82, 2.24) is 5.32 Å². The van der Waals surface area contributed by atoms with Crippen LogP contribution in [-0.4, -0.2) is 21.2 Å². The molecule has 1 aromatic heterocycles. The highest BCUT2D eigenvalue weighted by Gasteiger charge is 2.09. The Bertz CT molecular complexity index is 687. The summed E-state index contributed by atoms with van der Waals surface area (Å²) in [6.07, 6.45) is 2.12. The maximum Gasteiger partial charge on any atom is 0.175 e. The van der Waals surface area contributed by atoms with E-state index in [9.17, 15) is 8.42 Å². The molecule has 0 bridgehead atoms. The van der Waals surface area contributed by atoms with Gasteiger partial charge in [-0.25, -0.2) is 8.42 Å². The minimum absolute atomic E-state index is 0.347. The third kappa shape index (κ3) is 4.40. The minimum Gasteiger partial charge on any atom is -0.309 e. The van der Waals surface area contributed by atoms with Gasteiger partial charge >= 0.3 is 0 Å². The second kappa shape index (κ2) is 6.73. The molecule has 2 rings (SSSR count). The lowest BCUT2D eigenvalue weighted by Gasteiger charge is -2.13. The summed E-state index contributed by atoms with van der Waals surface area (Å²) in [5, 5.41) is 5.63. The van der Waals surface area contributed by atoms with Crippen LogP contribution in [-0.2, 0) is 16.3 Å². The van der Waals surface area contributed by atoms with Gasteiger partial charge in [0.15, 0.2) is 9.84 Å². The van der Waals surface area contributed by atoms with Gasteiger partial charge in [-0.15, -0.1) is 11.3 Å². The van der Waals surface area contributed by atoms with E-state index in [1.54, 1.807) is 23.5 Å². The molecular weight excluding hydrogens is 302 g/mol. The number of rotatable bonds is 6. The zero-order valence-electron chi connectivity index (χ0n) is 12.6. The minimum atomic E-state index is -3.10. The van der Waals surface area contributed by atoms with Crippen LogP contribution in [0.4, 0.5) is 0 Å². The van der Waals surface area contributed by atoms with E-state index in [1.807, 2.05) is 12.1 Å². The predicted molar refractivity (Wildman–Crippen MR) is 88.7 cm³/mol. The van der Waals surface area contributed by atoms with Crippen LogP contribution in [0, 0.1) is 6.92 Å². The van der Waals surface area contributed by atoms with Crippen LogP contribution in [0.15, 0.2) is 40.6 Å². The summed E-state index contributed by atoms with van der Waals surface area (Å²) >= 11 is 1.78. The summed E-state index contributed by atoms with van der Waals surface area (Å²) in [5.74, 6) is 0. The van der Waals surface area contributed by atoms with E-state index in [-0.39, 0.29) is 0 Å². The first-order valence-electron chi connectivity index (χ1n) is 6.94. The smallest absolute Gasteiger partial charge is 0.175 e. The Morgan fingerprint density at radius 2 is 1.86 bits per heavy atom. The van der Waals surface area contributed by atoms with Gasteiger partial charge in [-0.1, -0.05) is 12.1 Å². The van der Waals surface area contributed by atoms with Gasteiger partial charge < -0.3 is 5.32 Å². The molecule has 21 heavy (non-hydrogen) atoms. The SMILES string of the molecule is Cc1ccsc1C(C)NCCc1ccc(S(C)(=O)=O)cc1. The lowest BCUT2D eigenvalue weighted by Crippen LogP contribution is -2.21. The van der Waals surface area contributed by atoms with E-state index in [0.717, 1.165) is 18.5 Å². The van der Waals surface area contributed by atoms with E-state index in [4.69, 9.17) is 0 Å². The predicted octanol–water partition coefficient (Wildman–Crippen LogP) is 3.35. The topological polar surface area (TPSA) is 46.2 Å². The number of thiophene rings is 1. The highest BCUT2D eigenvalue weighted by Crippen LogP contribution is 2.23. The van der Waals surface area contributed by atoms with Crippen molar-refractivity contribution in [3.8, 4) is 0 Å². The quantitative estimate of drug-likeness (QED) is 0.887. The molecule has 2 aromatic rings. The Hall–Kier alpha value is -1.17. The molecular formula is C16H21NO2S2. The number of hydrogen-bond acceptors (Lipinski definition) is 4. The molecule has 1 N–H and O–H groups in total. The first kappa shape index (κ1) is 16.2. The maximum atomic E-state index is 11.4. The van der Waals surface area contributed by atoms with Crippen LogP contribution in [0.2, 0.25) is 0 Å². The van der Waals surface area contributed by atoms with Crippen molar-refractivity contribution in [3.05, 3.63) is 51.7 Å². The van der Waals surface area contributed by atoms with Gasteiger partial charge in [0.05, 0.1) is 4.90 Å². The average molecular weight is 323 g/mol. The number of benzene rings is 1. The lowest BCUT2D eigenvalue weighted by atomic mass is 10.1. The van der Waals surface area contributed by atoms with Crippen molar-refractivity contribution < 1.29 is 8.42 Å². The number of nitrogens with one attached hydrogen (secondary N) is 1. The monoisotopic (exact) mass is 323 g/mol. The van der Waals surface area contributed by atoms with Crippen molar-refractivity contribution in [3.63, 3.8) is 0 Å². The highest BCUT2D eigenvalue weighted by molar-refractivity contribution is 7.90. The molecule has 0 aliphatic heterocycles. The van der Waals surface area contributed by atoms with Crippen molar-refractivity contribution in [1.29, 1.82) is 0 Å². The van der Waals surface area contributed by atoms with Gasteiger partial charge in [0.1, 0.15) is 0 Å². The van der Waals surface area contributed by atoms with Crippen LogP contribution in [0.1, 0.15) is 29.0 Å². The Labute approximate surface area is 130 Å². The number of hydrogen-bond donors (Lipinski definition) is 1.